The molecule has 294 valence electrons. The molecular formula is C61H45N. The lowest BCUT2D eigenvalue weighted by molar-refractivity contribution is 0.660. The van der Waals surface area contributed by atoms with E-state index in [0.29, 0.717) is 0 Å². The summed E-state index contributed by atoms with van der Waals surface area (Å²) in [5.74, 6) is 0. The molecule has 1 aliphatic carbocycles. The lowest BCUT2D eigenvalue weighted by atomic mass is 9.81. The van der Waals surface area contributed by atoms with Gasteiger partial charge in [0.15, 0.2) is 0 Å². The van der Waals surface area contributed by atoms with Crippen molar-refractivity contribution in [3.8, 4) is 66.8 Å². The lowest BCUT2D eigenvalue weighted by Gasteiger charge is -2.28. The topological polar surface area (TPSA) is 3.24 Å². The summed E-state index contributed by atoms with van der Waals surface area (Å²) in [4.78, 5) is 2.40. The van der Waals surface area contributed by atoms with Crippen LogP contribution < -0.4 is 4.90 Å². The molecule has 0 aliphatic heterocycles. The Kier molecular flexibility index (Phi) is 9.24. The summed E-state index contributed by atoms with van der Waals surface area (Å²) in [6, 6.07) is 86.5. The van der Waals surface area contributed by atoms with Crippen LogP contribution in [-0.2, 0) is 5.41 Å². The zero-order chi connectivity index (χ0) is 41.6. The van der Waals surface area contributed by atoms with Crippen LogP contribution in [0, 0.1) is 0 Å². The molecule has 1 heteroatoms. The van der Waals surface area contributed by atoms with Crippen molar-refractivity contribution in [3.05, 3.63) is 248 Å². The Morgan fingerprint density at radius 1 is 0.258 bits per heavy atom. The number of hydrogen-bond donors (Lipinski definition) is 0. The van der Waals surface area contributed by atoms with Gasteiger partial charge in [-0.1, -0.05) is 202 Å². The summed E-state index contributed by atoms with van der Waals surface area (Å²) >= 11 is 0. The zero-order valence-electron chi connectivity index (χ0n) is 35.0. The molecule has 0 aromatic heterocycles. The van der Waals surface area contributed by atoms with Gasteiger partial charge < -0.3 is 4.90 Å². The quantitative estimate of drug-likeness (QED) is 0.148. The number of hydrogen-bond acceptors (Lipinski definition) is 1. The third-order valence-corrected chi connectivity index (χ3v) is 12.9. The molecule has 0 saturated carbocycles. The standard InChI is InChI=1S/C61H45N/c1-61(2)59-40-53(49-23-21-47(22-24-49)46-19-17-45(18-20-46)42-11-5-3-6-12-42)31-37-57(59)58-38-36-56(41-60(58)61)62(54-32-27-48(28-33-54)43-13-7-4-8-14-43)55-34-29-50(30-35-55)52-26-25-44-15-9-10-16-51(44)39-52/h3-41H,1-2H3. The number of anilines is 3. The molecule has 0 heterocycles. The molecule has 62 heavy (non-hydrogen) atoms. The highest BCUT2D eigenvalue weighted by atomic mass is 15.1. The van der Waals surface area contributed by atoms with Crippen molar-refractivity contribution in [1.29, 1.82) is 0 Å². The van der Waals surface area contributed by atoms with Crippen molar-refractivity contribution >= 4 is 27.8 Å². The normalized spacial score (nSPS) is 12.5. The average Bonchev–Trinajstić information content (AvgIpc) is 3.57. The lowest BCUT2D eigenvalue weighted by Crippen LogP contribution is -2.16. The van der Waals surface area contributed by atoms with Crippen molar-refractivity contribution in [2.24, 2.45) is 0 Å². The molecule has 10 aromatic rings. The predicted molar refractivity (Wildman–Crippen MR) is 263 cm³/mol. The Bertz CT molecular complexity index is 3200. The van der Waals surface area contributed by atoms with Crippen LogP contribution in [0.1, 0.15) is 25.0 Å². The van der Waals surface area contributed by atoms with E-state index in [1.807, 2.05) is 0 Å². The van der Waals surface area contributed by atoms with E-state index < -0.39 is 0 Å². The minimum absolute atomic E-state index is 0.195. The highest BCUT2D eigenvalue weighted by molar-refractivity contribution is 5.90. The molecule has 0 unspecified atom stereocenters. The van der Waals surface area contributed by atoms with Crippen molar-refractivity contribution in [1.82, 2.24) is 0 Å². The highest BCUT2D eigenvalue weighted by Crippen LogP contribution is 2.52. The second kappa shape index (κ2) is 15.4. The Balaban J connectivity index is 0.915. The van der Waals surface area contributed by atoms with E-state index in [-0.39, 0.29) is 5.41 Å². The monoisotopic (exact) mass is 791 g/mol. The Labute approximate surface area is 364 Å². The Morgan fingerprint density at radius 3 is 1.11 bits per heavy atom. The van der Waals surface area contributed by atoms with Gasteiger partial charge in [0, 0.05) is 22.5 Å². The number of rotatable bonds is 8. The van der Waals surface area contributed by atoms with Gasteiger partial charge in [-0.25, -0.2) is 0 Å². The van der Waals surface area contributed by atoms with Crippen LogP contribution >= 0.6 is 0 Å². The highest BCUT2D eigenvalue weighted by Gasteiger charge is 2.36. The van der Waals surface area contributed by atoms with E-state index in [1.54, 1.807) is 0 Å². The first-order chi connectivity index (χ1) is 30.5. The minimum atomic E-state index is -0.195. The average molecular weight is 792 g/mol. The van der Waals surface area contributed by atoms with Gasteiger partial charge in [0.2, 0.25) is 0 Å². The number of nitrogens with zero attached hydrogens (tertiary/aromatic N) is 1. The van der Waals surface area contributed by atoms with Crippen molar-refractivity contribution in [3.63, 3.8) is 0 Å². The van der Waals surface area contributed by atoms with Crippen LogP contribution in [0.5, 0.6) is 0 Å². The summed E-state index contributed by atoms with van der Waals surface area (Å²) in [6.07, 6.45) is 0. The van der Waals surface area contributed by atoms with Gasteiger partial charge in [-0.2, -0.15) is 0 Å². The van der Waals surface area contributed by atoms with Crippen LogP contribution in [0.3, 0.4) is 0 Å². The van der Waals surface area contributed by atoms with Crippen LogP contribution in [0.2, 0.25) is 0 Å². The summed E-state index contributed by atoms with van der Waals surface area (Å²) in [6.45, 7) is 4.76. The maximum absolute atomic E-state index is 2.43. The van der Waals surface area contributed by atoms with E-state index in [2.05, 4.69) is 255 Å². The fourth-order valence-corrected chi connectivity index (χ4v) is 9.44. The zero-order valence-corrected chi connectivity index (χ0v) is 35.0. The summed E-state index contributed by atoms with van der Waals surface area (Å²) in [5, 5.41) is 2.51. The molecule has 11 rings (SSSR count). The third kappa shape index (κ3) is 6.79. The van der Waals surface area contributed by atoms with Gasteiger partial charge in [0.25, 0.3) is 0 Å². The van der Waals surface area contributed by atoms with Crippen molar-refractivity contribution in [2.75, 3.05) is 4.90 Å². The molecular weight excluding hydrogens is 747 g/mol. The van der Waals surface area contributed by atoms with E-state index in [4.69, 9.17) is 0 Å². The van der Waals surface area contributed by atoms with Gasteiger partial charge in [-0.05, 0) is 137 Å². The second-order valence-corrected chi connectivity index (χ2v) is 17.0. The van der Waals surface area contributed by atoms with Gasteiger partial charge in [0.05, 0.1) is 0 Å². The molecule has 1 aliphatic rings. The molecule has 0 bridgehead atoms. The van der Waals surface area contributed by atoms with Crippen LogP contribution in [0.4, 0.5) is 17.1 Å². The molecule has 0 atom stereocenters. The first-order valence-electron chi connectivity index (χ1n) is 21.6. The van der Waals surface area contributed by atoms with Crippen molar-refractivity contribution in [2.45, 2.75) is 19.3 Å². The molecule has 0 spiro atoms. The fraction of sp³-hybridized carbons (Fsp3) is 0.0492. The maximum atomic E-state index is 2.43. The van der Waals surface area contributed by atoms with Crippen molar-refractivity contribution < 1.29 is 0 Å². The Morgan fingerprint density at radius 2 is 0.597 bits per heavy atom. The van der Waals surface area contributed by atoms with E-state index in [1.165, 1.54) is 88.7 Å². The number of benzene rings is 10. The predicted octanol–water partition coefficient (Wildman–Crippen LogP) is 17.0. The SMILES string of the molecule is CC1(C)c2cc(-c3ccc(-c4ccc(-c5ccccc5)cc4)cc3)ccc2-c2ccc(N(c3ccc(-c4ccccc4)cc3)c3ccc(-c4ccc5ccccc5c4)cc3)cc21. The van der Waals surface area contributed by atoms with Gasteiger partial charge in [-0.15, -0.1) is 0 Å². The van der Waals surface area contributed by atoms with E-state index in [0.717, 1.165) is 17.1 Å². The largest absolute Gasteiger partial charge is 0.310 e. The van der Waals surface area contributed by atoms with Gasteiger partial charge >= 0.3 is 0 Å². The Hall–Kier alpha value is -7.74. The van der Waals surface area contributed by atoms with Gasteiger partial charge in [-0.3, -0.25) is 0 Å². The van der Waals surface area contributed by atoms with E-state index >= 15 is 0 Å². The molecule has 0 saturated heterocycles. The molecule has 1 nitrogen and oxygen atoms in total. The molecule has 0 N–H and O–H groups in total. The smallest absolute Gasteiger partial charge is 0.0465 e. The first kappa shape index (κ1) is 37.3. The number of fused-ring (bicyclic) bond motifs is 4. The second-order valence-electron chi connectivity index (χ2n) is 17.0. The van der Waals surface area contributed by atoms with Crippen LogP contribution in [0.25, 0.3) is 77.5 Å². The fourth-order valence-electron chi connectivity index (χ4n) is 9.44. The van der Waals surface area contributed by atoms with Crippen LogP contribution in [-0.4, -0.2) is 0 Å². The first-order valence-corrected chi connectivity index (χ1v) is 21.6. The molecule has 10 aromatic carbocycles. The summed E-state index contributed by atoms with van der Waals surface area (Å²) in [7, 11) is 0. The van der Waals surface area contributed by atoms with Crippen LogP contribution in [0.15, 0.2) is 237 Å². The summed E-state index contributed by atoms with van der Waals surface area (Å²) < 4.78 is 0. The maximum Gasteiger partial charge on any atom is 0.0465 e. The molecule has 0 fully saturated rings. The molecule has 0 radical (unpaired) electrons. The van der Waals surface area contributed by atoms with Gasteiger partial charge in [0.1, 0.15) is 0 Å². The molecule has 0 amide bonds. The van der Waals surface area contributed by atoms with E-state index in [9.17, 15) is 0 Å². The third-order valence-electron chi connectivity index (χ3n) is 12.9. The summed E-state index contributed by atoms with van der Waals surface area (Å²) in [5.41, 5.74) is 20.7. The minimum Gasteiger partial charge on any atom is -0.310 e.